The molecule has 1 unspecified atom stereocenters. The fourth-order valence-corrected chi connectivity index (χ4v) is 2.78. The monoisotopic (exact) mass is 259 g/mol. The highest BCUT2D eigenvalue weighted by atomic mass is 32.2. The molecule has 1 rings (SSSR count). The number of carbonyl (C=O) groups excluding carboxylic acids is 2. The van der Waals surface area contributed by atoms with Crippen LogP contribution in [0.3, 0.4) is 0 Å². The van der Waals surface area contributed by atoms with Gasteiger partial charge >= 0.3 is 6.09 Å². The molecule has 98 valence electrons. The van der Waals surface area contributed by atoms with Crippen LogP contribution in [0.5, 0.6) is 0 Å². The molecule has 0 saturated carbocycles. The van der Waals surface area contributed by atoms with Gasteiger partial charge in [-0.2, -0.15) is 11.8 Å². The average Bonchev–Trinajstić information content (AvgIpc) is 2.14. The Labute approximate surface area is 107 Å². The second kappa shape index (κ2) is 5.76. The van der Waals surface area contributed by atoms with Gasteiger partial charge in [-0.25, -0.2) is 4.79 Å². The zero-order valence-corrected chi connectivity index (χ0v) is 11.8. The van der Waals surface area contributed by atoms with Gasteiger partial charge in [-0.05, 0) is 27.7 Å². The van der Waals surface area contributed by atoms with Gasteiger partial charge in [-0.1, -0.05) is 0 Å². The number of rotatable bonds is 2. The van der Waals surface area contributed by atoms with Gasteiger partial charge in [-0.3, -0.25) is 4.79 Å². The minimum Gasteiger partial charge on any atom is -0.444 e. The summed E-state index contributed by atoms with van der Waals surface area (Å²) >= 11 is 1.78. The van der Waals surface area contributed by atoms with Gasteiger partial charge in [0.05, 0.1) is 6.04 Å². The minimum atomic E-state index is -0.484. The molecule has 5 heteroatoms. The highest BCUT2D eigenvalue weighted by Crippen LogP contribution is 2.21. The molecule has 1 aliphatic heterocycles. The molecule has 1 aliphatic rings. The number of hydrogen-bond donors (Lipinski definition) is 0. The first-order valence-electron chi connectivity index (χ1n) is 5.86. The molecule has 1 saturated heterocycles. The maximum Gasteiger partial charge on any atom is 0.410 e. The second-order valence-corrected chi connectivity index (χ2v) is 6.46. The topological polar surface area (TPSA) is 46.6 Å². The van der Waals surface area contributed by atoms with Crippen LogP contribution in [0.25, 0.3) is 0 Å². The van der Waals surface area contributed by atoms with Crippen molar-refractivity contribution >= 4 is 23.6 Å². The molecule has 0 aromatic rings. The third-order valence-electron chi connectivity index (χ3n) is 2.38. The lowest BCUT2D eigenvalue weighted by Crippen LogP contribution is -2.48. The van der Waals surface area contributed by atoms with E-state index in [9.17, 15) is 9.59 Å². The van der Waals surface area contributed by atoms with E-state index in [2.05, 4.69) is 0 Å². The number of hydrogen-bond acceptors (Lipinski definition) is 4. The summed E-state index contributed by atoms with van der Waals surface area (Å²) in [5.41, 5.74) is -0.484. The predicted octanol–water partition coefficient (Wildman–Crippen LogP) is 2.32. The van der Waals surface area contributed by atoms with E-state index in [-0.39, 0.29) is 17.9 Å². The molecule has 1 amide bonds. The van der Waals surface area contributed by atoms with E-state index in [0.29, 0.717) is 13.0 Å². The lowest BCUT2D eigenvalue weighted by Gasteiger charge is -2.36. The number of nitrogens with zero attached hydrogens (tertiary/aromatic N) is 1. The Bertz CT molecular complexity index is 299. The Morgan fingerprint density at radius 2 is 2.06 bits per heavy atom. The molecule has 0 N–H and O–H groups in total. The number of amides is 1. The molecule has 0 aliphatic carbocycles. The van der Waals surface area contributed by atoms with Crippen LogP contribution in [0.1, 0.15) is 34.1 Å². The fourth-order valence-electron chi connectivity index (χ4n) is 1.72. The Balaban J connectivity index is 2.64. The van der Waals surface area contributed by atoms with Crippen LogP contribution in [0.2, 0.25) is 0 Å². The molecule has 1 atom stereocenters. The van der Waals surface area contributed by atoms with E-state index in [1.165, 1.54) is 0 Å². The van der Waals surface area contributed by atoms with Crippen molar-refractivity contribution in [2.75, 3.05) is 18.1 Å². The summed E-state index contributed by atoms with van der Waals surface area (Å²) in [7, 11) is 0. The van der Waals surface area contributed by atoms with E-state index < -0.39 is 5.60 Å². The Morgan fingerprint density at radius 1 is 1.41 bits per heavy atom. The molecule has 4 nitrogen and oxygen atoms in total. The molecular weight excluding hydrogens is 238 g/mol. The first-order chi connectivity index (χ1) is 7.79. The van der Waals surface area contributed by atoms with Crippen LogP contribution in [0.4, 0.5) is 4.79 Å². The molecule has 0 radical (unpaired) electrons. The molecule has 0 aromatic heterocycles. The summed E-state index contributed by atoms with van der Waals surface area (Å²) < 4.78 is 5.36. The summed E-state index contributed by atoms with van der Waals surface area (Å²) in [6.07, 6.45) is 0.121. The Morgan fingerprint density at radius 3 is 2.59 bits per heavy atom. The Kier molecular flexibility index (Phi) is 4.86. The smallest absolute Gasteiger partial charge is 0.410 e. The number of Topliss-reactive ketones (excluding diaryl/α,β-unsaturated/α-hetero) is 1. The van der Waals surface area contributed by atoms with Gasteiger partial charge in [0.1, 0.15) is 11.4 Å². The fraction of sp³-hybridized carbons (Fsp3) is 0.833. The third-order valence-corrected chi connectivity index (χ3v) is 3.47. The zero-order chi connectivity index (χ0) is 13.1. The van der Waals surface area contributed by atoms with Crippen molar-refractivity contribution in [2.45, 2.75) is 45.8 Å². The van der Waals surface area contributed by atoms with Gasteiger partial charge in [0.15, 0.2) is 0 Å². The van der Waals surface area contributed by atoms with Crippen LogP contribution in [-0.2, 0) is 9.53 Å². The van der Waals surface area contributed by atoms with E-state index in [0.717, 1.165) is 11.5 Å². The van der Waals surface area contributed by atoms with Crippen LogP contribution in [0, 0.1) is 0 Å². The standard InChI is InChI=1S/C12H21NO3S/c1-9(14)7-10-8-17-6-5-13(10)11(15)16-12(2,3)4/h10H,5-8H2,1-4H3. The summed E-state index contributed by atoms with van der Waals surface area (Å²) in [5.74, 6) is 1.85. The molecule has 0 bridgehead atoms. The van der Waals surface area contributed by atoms with E-state index in [1.54, 1.807) is 23.6 Å². The predicted molar refractivity (Wildman–Crippen MR) is 69.4 cm³/mol. The summed E-state index contributed by atoms with van der Waals surface area (Å²) in [6.45, 7) is 7.78. The molecule has 1 heterocycles. The van der Waals surface area contributed by atoms with Crippen LogP contribution >= 0.6 is 11.8 Å². The zero-order valence-electron chi connectivity index (χ0n) is 11.0. The van der Waals surface area contributed by atoms with Crippen LogP contribution < -0.4 is 0 Å². The van der Waals surface area contributed by atoms with Crippen molar-refractivity contribution in [1.29, 1.82) is 0 Å². The van der Waals surface area contributed by atoms with Crippen LogP contribution in [0.15, 0.2) is 0 Å². The first kappa shape index (κ1) is 14.4. The normalized spacial score (nSPS) is 21.2. The molecule has 0 spiro atoms. The lowest BCUT2D eigenvalue weighted by molar-refractivity contribution is -0.117. The van der Waals surface area contributed by atoms with Gasteiger partial charge in [0.25, 0.3) is 0 Å². The second-order valence-electron chi connectivity index (χ2n) is 5.31. The SMILES string of the molecule is CC(=O)CC1CSCCN1C(=O)OC(C)(C)C. The molecular formula is C12H21NO3S. The number of carbonyl (C=O) groups is 2. The largest absolute Gasteiger partial charge is 0.444 e. The van der Waals surface area contributed by atoms with Crippen molar-refractivity contribution < 1.29 is 14.3 Å². The van der Waals surface area contributed by atoms with Crippen molar-refractivity contribution in [3.05, 3.63) is 0 Å². The average molecular weight is 259 g/mol. The first-order valence-corrected chi connectivity index (χ1v) is 7.02. The summed E-state index contributed by atoms with van der Waals surface area (Å²) in [4.78, 5) is 24.9. The van der Waals surface area contributed by atoms with Crippen molar-refractivity contribution in [2.24, 2.45) is 0 Å². The number of ketones is 1. The molecule has 17 heavy (non-hydrogen) atoms. The Hall–Kier alpha value is -0.710. The molecule has 0 aromatic carbocycles. The van der Waals surface area contributed by atoms with E-state index in [4.69, 9.17) is 4.74 Å². The van der Waals surface area contributed by atoms with Crippen molar-refractivity contribution in [3.63, 3.8) is 0 Å². The number of ether oxygens (including phenoxy) is 1. The third kappa shape index (κ3) is 4.98. The van der Waals surface area contributed by atoms with Gasteiger partial charge in [0, 0.05) is 24.5 Å². The highest BCUT2D eigenvalue weighted by molar-refractivity contribution is 7.99. The van der Waals surface area contributed by atoms with Gasteiger partial charge in [-0.15, -0.1) is 0 Å². The van der Waals surface area contributed by atoms with Gasteiger partial charge in [0.2, 0.25) is 0 Å². The maximum atomic E-state index is 12.0. The quantitative estimate of drug-likeness (QED) is 0.763. The van der Waals surface area contributed by atoms with Gasteiger partial charge < -0.3 is 9.64 Å². The van der Waals surface area contributed by atoms with Crippen molar-refractivity contribution in [1.82, 2.24) is 4.90 Å². The maximum absolute atomic E-state index is 12.0. The summed E-state index contributed by atoms with van der Waals surface area (Å²) in [5, 5.41) is 0. The number of thioether (sulfide) groups is 1. The van der Waals surface area contributed by atoms with E-state index in [1.807, 2.05) is 20.8 Å². The lowest BCUT2D eigenvalue weighted by atomic mass is 10.1. The molecule has 1 fully saturated rings. The highest BCUT2D eigenvalue weighted by Gasteiger charge is 2.31. The summed E-state index contributed by atoms with van der Waals surface area (Å²) in [6, 6.07) is -0.0129. The van der Waals surface area contributed by atoms with Crippen molar-refractivity contribution in [3.8, 4) is 0 Å². The minimum absolute atomic E-state index is 0.0129. The van der Waals surface area contributed by atoms with E-state index >= 15 is 0 Å². The van der Waals surface area contributed by atoms with Crippen LogP contribution in [-0.4, -0.2) is 46.5 Å².